The van der Waals surface area contributed by atoms with Crippen LogP contribution in [-0.4, -0.2) is 25.8 Å². The van der Waals surface area contributed by atoms with E-state index in [0.717, 1.165) is 11.3 Å². The largest absolute Gasteiger partial charge is 0.478 e. The van der Waals surface area contributed by atoms with Crippen LogP contribution in [0.5, 0.6) is 0 Å². The average Bonchev–Trinajstić information content (AvgIpc) is 3.32. The van der Waals surface area contributed by atoms with Gasteiger partial charge in [0.2, 0.25) is 5.13 Å². The molecule has 0 aliphatic rings. The fourth-order valence-corrected chi connectivity index (χ4v) is 3.50. The van der Waals surface area contributed by atoms with Crippen molar-refractivity contribution in [3.63, 3.8) is 0 Å². The highest BCUT2D eigenvalue weighted by atomic mass is 32.1. The zero-order valence-corrected chi connectivity index (χ0v) is 16.1. The molecule has 2 aromatic heterocycles. The van der Waals surface area contributed by atoms with Crippen LogP contribution in [0.2, 0.25) is 0 Å². The second kappa shape index (κ2) is 7.64. The summed E-state index contributed by atoms with van der Waals surface area (Å²) in [5.41, 5.74) is 2.47. The number of H-pyrrole nitrogens is 1. The van der Waals surface area contributed by atoms with E-state index in [0.29, 0.717) is 16.5 Å². The van der Waals surface area contributed by atoms with E-state index in [1.807, 2.05) is 35.7 Å². The van der Waals surface area contributed by atoms with Gasteiger partial charge in [0.15, 0.2) is 5.69 Å². The maximum Gasteiger partial charge on any atom is 0.335 e. The summed E-state index contributed by atoms with van der Waals surface area (Å²) < 4.78 is 1.33. The molecule has 29 heavy (non-hydrogen) atoms. The summed E-state index contributed by atoms with van der Waals surface area (Å²) in [6.45, 7) is 1.71. The van der Waals surface area contributed by atoms with Crippen molar-refractivity contribution in [3.05, 3.63) is 81.6 Å². The lowest BCUT2D eigenvalue weighted by atomic mass is 10.2. The molecule has 2 aromatic carbocycles. The van der Waals surface area contributed by atoms with Gasteiger partial charge in [0.05, 0.1) is 22.6 Å². The Labute approximate surface area is 168 Å². The van der Waals surface area contributed by atoms with Gasteiger partial charge in [0.1, 0.15) is 0 Å². The number of thiazole rings is 1. The molecule has 0 spiro atoms. The van der Waals surface area contributed by atoms with Crippen LogP contribution in [0.1, 0.15) is 16.1 Å². The summed E-state index contributed by atoms with van der Waals surface area (Å²) in [6, 6.07) is 15.7. The van der Waals surface area contributed by atoms with E-state index in [1.54, 1.807) is 19.1 Å². The summed E-state index contributed by atoms with van der Waals surface area (Å²) in [4.78, 5) is 28.4. The van der Waals surface area contributed by atoms with Crippen molar-refractivity contribution >= 4 is 28.7 Å². The van der Waals surface area contributed by atoms with Crippen LogP contribution >= 0.6 is 11.3 Å². The number of aromatic amines is 1. The highest BCUT2D eigenvalue weighted by Crippen LogP contribution is 2.25. The Bertz CT molecular complexity index is 1270. The quantitative estimate of drug-likeness (QED) is 0.468. The van der Waals surface area contributed by atoms with Crippen LogP contribution < -0.4 is 5.56 Å². The van der Waals surface area contributed by atoms with Crippen molar-refractivity contribution in [2.45, 2.75) is 6.92 Å². The number of aryl methyl sites for hydroxylation is 1. The van der Waals surface area contributed by atoms with Gasteiger partial charge in [-0.15, -0.1) is 16.5 Å². The average molecular weight is 405 g/mol. The van der Waals surface area contributed by atoms with Crippen LogP contribution in [0.3, 0.4) is 0 Å². The number of carboxylic acids is 1. The third-order valence-corrected chi connectivity index (χ3v) is 4.98. The van der Waals surface area contributed by atoms with Gasteiger partial charge >= 0.3 is 11.5 Å². The monoisotopic (exact) mass is 405 g/mol. The number of aromatic nitrogens is 3. The Morgan fingerprint density at radius 1 is 1.14 bits per heavy atom. The number of rotatable bonds is 5. The number of benzene rings is 2. The molecule has 8 nitrogen and oxygen atoms in total. The molecule has 0 fully saturated rings. The smallest absolute Gasteiger partial charge is 0.335 e. The summed E-state index contributed by atoms with van der Waals surface area (Å²) in [7, 11) is 0. The lowest BCUT2D eigenvalue weighted by molar-refractivity contribution is 0.0697. The lowest BCUT2D eigenvalue weighted by Gasteiger charge is -1.96. The molecular weight excluding hydrogens is 390 g/mol. The molecule has 0 aliphatic heterocycles. The first-order valence-corrected chi connectivity index (χ1v) is 9.49. The van der Waals surface area contributed by atoms with Gasteiger partial charge in [-0.1, -0.05) is 36.4 Å². The molecule has 0 saturated carbocycles. The van der Waals surface area contributed by atoms with E-state index in [9.17, 15) is 9.59 Å². The predicted octanol–water partition coefficient (Wildman–Crippen LogP) is 4.71. The number of hydrogen-bond donors (Lipinski definition) is 2. The van der Waals surface area contributed by atoms with E-state index < -0.39 is 5.97 Å². The Kier molecular flexibility index (Phi) is 4.88. The highest BCUT2D eigenvalue weighted by Gasteiger charge is 2.15. The number of carboxylic acid groups (broad SMARTS) is 1. The Morgan fingerprint density at radius 2 is 1.93 bits per heavy atom. The molecule has 144 valence electrons. The second-order valence-electron chi connectivity index (χ2n) is 6.16. The lowest BCUT2D eigenvalue weighted by Crippen LogP contribution is -2.13. The maximum absolute atomic E-state index is 12.8. The summed E-state index contributed by atoms with van der Waals surface area (Å²) >= 11 is 1.34. The van der Waals surface area contributed by atoms with Crippen LogP contribution in [-0.2, 0) is 0 Å². The van der Waals surface area contributed by atoms with Gasteiger partial charge in [-0.05, 0) is 25.1 Å². The third-order valence-electron chi connectivity index (χ3n) is 4.15. The zero-order valence-electron chi connectivity index (χ0n) is 15.2. The van der Waals surface area contributed by atoms with Crippen molar-refractivity contribution in [3.8, 4) is 16.4 Å². The Hall–Kier alpha value is -3.85. The van der Waals surface area contributed by atoms with Crippen LogP contribution in [0.4, 0.5) is 11.4 Å². The molecule has 0 amide bonds. The number of nitrogens with zero attached hydrogens (tertiary/aromatic N) is 4. The SMILES string of the molecule is Cc1[nH]n(-c2nc(-c3ccccc3)cs2)c(=O)c1N=Nc1cccc(C(=O)O)c1. The molecule has 0 radical (unpaired) electrons. The minimum atomic E-state index is -1.06. The van der Waals surface area contributed by atoms with Crippen molar-refractivity contribution in [1.29, 1.82) is 0 Å². The van der Waals surface area contributed by atoms with Crippen LogP contribution in [0, 0.1) is 6.92 Å². The van der Waals surface area contributed by atoms with Crippen molar-refractivity contribution in [2.24, 2.45) is 10.2 Å². The van der Waals surface area contributed by atoms with Gasteiger partial charge in [-0.2, -0.15) is 9.80 Å². The highest BCUT2D eigenvalue weighted by molar-refractivity contribution is 7.12. The molecule has 2 N–H and O–H groups in total. The number of azo groups is 1. The zero-order chi connectivity index (χ0) is 20.4. The maximum atomic E-state index is 12.8. The first kappa shape index (κ1) is 18.5. The van der Waals surface area contributed by atoms with Gasteiger partial charge < -0.3 is 5.11 Å². The standard InChI is InChI=1S/C20H15N5O3S/c1-12-17(23-22-15-9-5-8-14(10-15)19(27)28)18(26)25(24-12)20-21-16(11-29-20)13-6-3-2-4-7-13/h2-11,24H,1H3,(H,27,28). The van der Waals surface area contributed by atoms with E-state index in [1.165, 1.54) is 28.2 Å². The predicted molar refractivity (Wildman–Crippen MR) is 110 cm³/mol. The normalized spacial score (nSPS) is 11.2. The van der Waals surface area contributed by atoms with Crippen molar-refractivity contribution in [2.75, 3.05) is 0 Å². The minimum Gasteiger partial charge on any atom is -0.478 e. The fraction of sp³-hybridized carbons (Fsp3) is 0.0500. The van der Waals surface area contributed by atoms with Crippen molar-refractivity contribution in [1.82, 2.24) is 14.8 Å². The summed E-state index contributed by atoms with van der Waals surface area (Å²) in [5, 5.41) is 22.4. The molecular formula is C20H15N5O3S. The number of hydrogen-bond acceptors (Lipinski definition) is 6. The molecule has 0 aliphatic carbocycles. The van der Waals surface area contributed by atoms with Gasteiger partial charge in [-0.3, -0.25) is 9.89 Å². The Balaban J connectivity index is 1.65. The molecule has 0 unspecified atom stereocenters. The van der Waals surface area contributed by atoms with Crippen LogP contribution in [0.15, 0.2) is 75.0 Å². The van der Waals surface area contributed by atoms with Gasteiger partial charge in [0, 0.05) is 10.9 Å². The van der Waals surface area contributed by atoms with E-state index in [4.69, 9.17) is 5.11 Å². The topological polar surface area (TPSA) is 113 Å². The van der Waals surface area contributed by atoms with E-state index in [2.05, 4.69) is 20.3 Å². The van der Waals surface area contributed by atoms with Gasteiger partial charge in [0.25, 0.3) is 0 Å². The van der Waals surface area contributed by atoms with Gasteiger partial charge in [-0.25, -0.2) is 9.78 Å². The molecule has 0 saturated heterocycles. The Morgan fingerprint density at radius 3 is 2.69 bits per heavy atom. The molecule has 4 aromatic rings. The third kappa shape index (κ3) is 3.76. The fourth-order valence-electron chi connectivity index (χ4n) is 2.71. The molecule has 9 heteroatoms. The first-order valence-electron chi connectivity index (χ1n) is 8.61. The molecule has 4 rings (SSSR count). The summed E-state index contributed by atoms with van der Waals surface area (Å²) in [6.07, 6.45) is 0. The van der Waals surface area contributed by atoms with Crippen molar-refractivity contribution < 1.29 is 9.90 Å². The minimum absolute atomic E-state index is 0.0980. The first-order chi connectivity index (χ1) is 14.0. The molecule has 0 atom stereocenters. The van der Waals surface area contributed by atoms with E-state index >= 15 is 0 Å². The van der Waals surface area contributed by atoms with Crippen LogP contribution in [0.25, 0.3) is 16.4 Å². The number of carbonyl (C=O) groups is 1. The number of nitrogens with one attached hydrogen (secondary N) is 1. The van der Waals surface area contributed by atoms with E-state index in [-0.39, 0.29) is 16.8 Å². The molecule has 0 bridgehead atoms. The number of aromatic carboxylic acids is 1. The molecule has 2 heterocycles. The second-order valence-corrected chi connectivity index (χ2v) is 7.00. The summed E-state index contributed by atoms with van der Waals surface area (Å²) in [5.74, 6) is -1.06.